The number of anilines is 2. The van der Waals surface area contributed by atoms with E-state index in [1.54, 1.807) is 61.2 Å². The molecule has 1 aliphatic heterocycles. The monoisotopic (exact) mass is 366 g/mol. The van der Waals surface area contributed by atoms with Crippen LogP contribution >= 0.6 is 0 Å². The van der Waals surface area contributed by atoms with Gasteiger partial charge in [-0.15, -0.1) is 0 Å². The molecule has 27 heavy (non-hydrogen) atoms. The number of ether oxygens (including phenoxy) is 1. The van der Waals surface area contributed by atoms with Crippen molar-refractivity contribution in [1.29, 1.82) is 0 Å². The van der Waals surface area contributed by atoms with E-state index >= 15 is 0 Å². The second-order valence-electron chi connectivity index (χ2n) is 6.35. The third kappa shape index (κ3) is 4.00. The first kappa shape index (κ1) is 18.6. The molecule has 2 amide bonds. The molecular weight excluding hydrogens is 344 g/mol. The van der Waals surface area contributed by atoms with Crippen LogP contribution in [-0.4, -0.2) is 30.9 Å². The Kier molecular flexibility index (Phi) is 5.54. The molecule has 0 unspecified atom stereocenters. The van der Waals surface area contributed by atoms with Gasteiger partial charge in [-0.3, -0.25) is 9.59 Å². The maximum atomic E-state index is 12.6. The number of rotatable bonds is 5. The molecule has 2 aromatic carbocycles. The summed E-state index contributed by atoms with van der Waals surface area (Å²) < 4.78 is 5.04. The maximum absolute atomic E-state index is 12.6. The van der Waals surface area contributed by atoms with E-state index in [1.165, 1.54) is 0 Å². The third-order valence-corrected chi connectivity index (χ3v) is 4.59. The molecule has 1 fully saturated rings. The fourth-order valence-electron chi connectivity index (χ4n) is 3.11. The van der Waals surface area contributed by atoms with Crippen molar-refractivity contribution in [3.63, 3.8) is 0 Å². The molecule has 140 valence electrons. The Hall–Kier alpha value is -3.15. The molecule has 1 saturated heterocycles. The van der Waals surface area contributed by atoms with Crippen molar-refractivity contribution in [1.82, 2.24) is 0 Å². The largest absolute Gasteiger partial charge is 0.462 e. The van der Waals surface area contributed by atoms with Crippen LogP contribution in [0.4, 0.5) is 11.4 Å². The zero-order chi connectivity index (χ0) is 19.4. The molecule has 0 spiro atoms. The van der Waals surface area contributed by atoms with Crippen LogP contribution in [0, 0.1) is 6.92 Å². The average molecular weight is 366 g/mol. The normalized spacial score (nSPS) is 13.6. The van der Waals surface area contributed by atoms with Crippen molar-refractivity contribution in [3.05, 3.63) is 59.2 Å². The highest BCUT2D eigenvalue weighted by Crippen LogP contribution is 2.23. The van der Waals surface area contributed by atoms with Crippen molar-refractivity contribution < 1.29 is 19.1 Å². The van der Waals surface area contributed by atoms with E-state index in [1.807, 2.05) is 0 Å². The van der Waals surface area contributed by atoms with Gasteiger partial charge < -0.3 is 15.0 Å². The SMILES string of the molecule is CCOC(=O)c1cccc(NC(=O)c2ccc(N3CCCC3=O)cc2)c1C. The van der Waals surface area contributed by atoms with Gasteiger partial charge in [0.2, 0.25) is 5.91 Å². The van der Waals surface area contributed by atoms with E-state index in [0.717, 1.165) is 12.1 Å². The minimum absolute atomic E-state index is 0.110. The van der Waals surface area contributed by atoms with Gasteiger partial charge in [-0.1, -0.05) is 6.07 Å². The lowest BCUT2D eigenvalue weighted by atomic mass is 10.1. The summed E-state index contributed by atoms with van der Waals surface area (Å²) in [4.78, 5) is 38.1. The van der Waals surface area contributed by atoms with Crippen molar-refractivity contribution >= 4 is 29.2 Å². The van der Waals surface area contributed by atoms with Crippen molar-refractivity contribution in [2.45, 2.75) is 26.7 Å². The lowest BCUT2D eigenvalue weighted by Crippen LogP contribution is -2.23. The Morgan fingerprint density at radius 3 is 2.52 bits per heavy atom. The highest BCUT2D eigenvalue weighted by atomic mass is 16.5. The topological polar surface area (TPSA) is 75.7 Å². The molecule has 1 N–H and O–H groups in total. The highest BCUT2D eigenvalue weighted by Gasteiger charge is 2.22. The van der Waals surface area contributed by atoms with Crippen LogP contribution in [-0.2, 0) is 9.53 Å². The van der Waals surface area contributed by atoms with E-state index in [9.17, 15) is 14.4 Å². The molecule has 0 aromatic heterocycles. The molecule has 0 bridgehead atoms. The van der Waals surface area contributed by atoms with E-state index in [-0.39, 0.29) is 11.8 Å². The Labute approximate surface area is 158 Å². The summed E-state index contributed by atoms with van der Waals surface area (Å²) in [6.07, 6.45) is 1.43. The Bertz CT molecular complexity index is 874. The van der Waals surface area contributed by atoms with Gasteiger partial charge in [-0.05, 0) is 62.2 Å². The van der Waals surface area contributed by atoms with Gasteiger partial charge in [-0.2, -0.15) is 0 Å². The summed E-state index contributed by atoms with van der Waals surface area (Å²) in [7, 11) is 0. The summed E-state index contributed by atoms with van der Waals surface area (Å²) in [5.41, 5.74) is 2.92. The summed E-state index contributed by atoms with van der Waals surface area (Å²) in [5.74, 6) is -0.581. The molecule has 1 aliphatic rings. The van der Waals surface area contributed by atoms with Crippen LogP contribution in [0.15, 0.2) is 42.5 Å². The molecule has 6 heteroatoms. The zero-order valence-electron chi connectivity index (χ0n) is 15.5. The van der Waals surface area contributed by atoms with Crippen LogP contribution < -0.4 is 10.2 Å². The number of hydrogen-bond donors (Lipinski definition) is 1. The number of carbonyl (C=O) groups excluding carboxylic acids is 3. The van der Waals surface area contributed by atoms with Crippen molar-refractivity contribution in [2.75, 3.05) is 23.4 Å². The summed E-state index contributed by atoms with van der Waals surface area (Å²) in [6.45, 7) is 4.52. The molecule has 0 aliphatic carbocycles. The molecular formula is C21H22N2O4. The van der Waals surface area contributed by atoms with Crippen LogP contribution in [0.1, 0.15) is 46.0 Å². The fraction of sp³-hybridized carbons (Fsp3) is 0.286. The number of esters is 1. The molecule has 0 saturated carbocycles. The van der Waals surface area contributed by atoms with Gasteiger partial charge in [0.15, 0.2) is 0 Å². The Morgan fingerprint density at radius 1 is 1.15 bits per heavy atom. The molecule has 1 heterocycles. The maximum Gasteiger partial charge on any atom is 0.338 e. The van der Waals surface area contributed by atoms with Gasteiger partial charge in [0.25, 0.3) is 5.91 Å². The zero-order valence-corrected chi connectivity index (χ0v) is 15.5. The second-order valence-corrected chi connectivity index (χ2v) is 6.35. The summed E-state index contributed by atoms with van der Waals surface area (Å²) >= 11 is 0. The highest BCUT2D eigenvalue weighted by molar-refractivity contribution is 6.06. The standard InChI is InChI=1S/C21H22N2O4/c1-3-27-21(26)17-6-4-7-18(14(17)2)22-20(25)15-9-11-16(12-10-15)23-13-5-8-19(23)24/h4,6-7,9-12H,3,5,8,13H2,1-2H3,(H,22,25). The minimum Gasteiger partial charge on any atom is -0.462 e. The lowest BCUT2D eigenvalue weighted by Gasteiger charge is -2.16. The minimum atomic E-state index is -0.411. The van der Waals surface area contributed by atoms with Crippen molar-refractivity contribution in [2.24, 2.45) is 0 Å². The van der Waals surface area contributed by atoms with Crippen LogP contribution in [0.25, 0.3) is 0 Å². The third-order valence-electron chi connectivity index (χ3n) is 4.59. The fourth-order valence-corrected chi connectivity index (χ4v) is 3.11. The number of nitrogens with zero attached hydrogens (tertiary/aromatic N) is 1. The van der Waals surface area contributed by atoms with E-state index in [4.69, 9.17) is 4.74 Å². The predicted molar refractivity (Wildman–Crippen MR) is 103 cm³/mol. The quantitative estimate of drug-likeness (QED) is 0.821. The number of carbonyl (C=O) groups is 3. The smallest absolute Gasteiger partial charge is 0.338 e. The predicted octanol–water partition coefficient (Wildman–Crippen LogP) is 3.55. The van der Waals surface area contributed by atoms with E-state index < -0.39 is 5.97 Å². The second kappa shape index (κ2) is 8.03. The van der Waals surface area contributed by atoms with Gasteiger partial charge in [0.1, 0.15) is 0 Å². The van der Waals surface area contributed by atoms with Crippen LogP contribution in [0.3, 0.4) is 0 Å². The molecule has 6 nitrogen and oxygen atoms in total. The summed E-state index contributed by atoms with van der Waals surface area (Å²) in [5, 5.41) is 2.83. The lowest BCUT2D eigenvalue weighted by molar-refractivity contribution is -0.117. The number of benzene rings is 2. The first-order valence-electron chi connectivity index (χ1n) is 8.99. The molecule has 0 radical (unpaired) electrons. The Morgan fingerprint density at radius 2 is 1.89 bits per heavy atom. The summed E-state index contributed by atoms with van der Waals surface area (Å²) in [6, 6.07) is 12.1. The van der Waals surface area contributed by atoms with E-state index in [2.05, 4.69) is 5.32 Å². The van der Waals surface area contributed by atoms with Crippen LogP contribution in [0.5, 0.6) is 0 Å². The van der Waals surface area contributed by atoms with Gasteiger partial charge in [0.05, 0.1) is 12.2 Å². The van der Waals surface area contributed by atoms with Gasteiger partial charge in [0, 0.05) is 29.9 Å². The first-order chi connectivity index (χ1) is 13.0. The number of amides is 2. The Balaban J connectivity index is 1.75. The molecule has 3 rings (SSSR count). The van der Waals surface area contributed by atoms with Crippen molar-refractivity contribution in [3.8, 4) is 0 Å². The average Bonchev–Trinajstić information content (AvgIpc) is 3.09. The molecule has 0 atom stereocenters. The first-order valence-corrected chi connectivity index (χ1v) is 8.99. The van der Waals surface area contributed by atoms with E-state index in [0.29, 0.717) is 42.0 Å². The van der Waals surface area contributed by atoms with Gasteiger partial charge in [-0.25, -0.2) is 4.79 Å². The number of hydrogen-bond acceptors (Lipinski definition) is 4. The number of nitrogens with one attached hydrogen (secondary N) is 1. The van der Waals surface area contributed by atoms with Gasteiger partial charge >= 0.3 is 5.97 Å². The van der Waals surface area contributed by atoms with Crippen LogP contribution in [0.2, 0.25) is 0 Å². The molecule has 2 aromatic rings.